The van der Waals surface area contributed by atoms with Crippen LogP contribution in [-0.4, -0.2) is 42.1 Å². The van der Waals surface area contributed by atoms with Crippen molar-refractivity contribution in [2.24, 2.45) is 0 Å². The molecule has 0 radical (unpaired) electrons. The first-order valence-electron chi connectivity index (χ1n) is 7.02. The number of hydrogen-bond donors (Lipinski definition) is 1. The number of methoxy groups -OCH3 is 1. The third kappa shape index (κ3) is 4.14. The van der Waals surface area contributed by atoms with E-state index in [9.17, 15) is 49.4 Å². The molecule has 0 aliphatic rings. The molecule has 0 saturated carbocycles. The quantitative estimate of drug-likeness (QED) is 0.552. The predicted molar refractivity (Wildman–Crippen MR) is 72.9 cm³/mol. The Bertz CT molecular complexity index is 696. The van der Waals surface area contributed by atoms with E-state index in [1.165, 1.54) is 0 Å². The van der Waals surface area contributed by atoms with Gasteiger partial charge in [0.1, 0.15) is 0 Å². The SMILES string of the molecule is COC(=O)c1cccc(C(C)(O)CC(F)(F)C(F)(F)C(F)(F)C(F)(F)F)c1. The summed E-state index contributed by atoms with van der Waals surface area (Å²) >= 11 is 0. The molecule has 1 unspecified atom stereocenters. The fraction of sp³-hybridized carbons (Fsp3) is 0.533. The summed E-state index contributed by atoms with van der Waals surface area (Å²) in [5.74, 6) is -20.8. The van der Waals surface area contributed by atoms with Gasteiger partial charge in [0.2, 0.25) is 0 Å². The average Bonchev–Trinajstić information content (AvgIpc) is 2.51. The molecule has 1 aromatic carbocycles. The molecule has 154 valence electrons. The highest BCUT2D eigenvalue weighted by Gasteiger charge is 2.81. The number of esters is 1. The van der Waals surface area contributed by atoms with Gasteiger partial charge in [-0.3, -0.25) is 0 Å². The minimum absolute atomic E-state index is 0.300. The number of halogens is 9. The summed E-state index contributed by atoms with van der Waals surface area (Å²) < 4.78 is 121. The average molecular weight is 412 g/mol. The Balaban J connectivity index is 3.29. The first-order valence-corrected chi connectivity index (χ1v) is 7.02. The highest BCUT2D eigenvalue weighted by atomic mass is 19.4. The van der Waals surface area contributed by atoms with Gasteiger partial charge in [0.15, 0.2) is 0 Å². The molecule has 0 amide bonds. The monoisotopic (exact) mass is 412 g/mol. The lowest BCUT2D eigenvalue weighted by Crippen LogP contribution is -2.62. The Morgan fingerprint density at radius 3 is 1.96 bits per heavy atom. The van der Waals surface area contributed by atoms with Crippen LogP contribution >= 0.6 is 0 Å². The van der Waals surface area contributed by atoms with Crippen molar-refractivity contribution >= 4 is 5.97 Å². The summed E-state index contributed by atoms with van der Waals surface area (Å²) in [6, 6.07) is 3.79. The van der Waals surface area contributed by atoms with E-state index in [1.54, 1.807) is 0 Å². The minimum Gasteiger partial charge on any atom is -0.465 e. The fourth-order valence-corrected chi connectivity index (χ4v) is 2.15. The second kappa shape index (κ2) is 6.88. The number of hydrogen-bond acceptors (Lipinski definition) is 3. The number of benzene rings is 1. The predicted octanol–water partition coefficient (Wildman–Crippen LogP) is 4.54. The fourth-order valence-electron chi connectivity index (χ4n) is 2.15. The van der Waals surface area contributed by atoms with Gasteiger partial charge in [-0.15, -0.1) is 0 Å². The van der Waals surface area contributed by atoms with Gasteiger partial charge in [-0.2, -0.15) is 39.5 Å². The summed E-state index contributed by atoms with van der Waals surface area (Å²) in [6.45, 7) is 0.499. The zero-order valence-electron chi connectivity index (χ0n) is 13.7. The molecular formula is C15H13F9O3. The Morgan fingerprint density at radius 2 is 1.52 bits per heavy atom. The van der Waals surface area contributed by atoms with E-state index in [-0.39, 0.29) is 5.56 Å². The van der Waals surface area contributed by atoms with Crippen LogP contribution in [0.5, 0.6) is 0 Å². The van der Waals surface area contributed by atoms with E-state index in [4.69, 9.17) is 0 Å². The first-order chi connectivity index (χ1) is 11.9. The second-order valence-electron chi connectivity index (χ2n) is 5.87. The van der Waals surface area contributed by atoms with E-state index in [2.05, 4.69) is 4.74 Å². The Labute approximate surface area is 146 Å². The Morgan fingerprint density at radius 1 is 1.00 bits per heavy atom. The van der Waals surface area contributed by atoms with Crippen molar-refractivity contribution in [2.75, 3.05) is 7.11 Å². The van der Waals surface area contributed by atoms with Crippen LogP contribution in [0, 0.1) is 0 Å². The van der Waals surface area contributed by atoms with Crippen LogP contribution in [0.4, 0.5) is 39.5 Å². The zero-order chi connectivity index (χ0) is 21.5. The Hall–Kier alpha value is -1.98. The molecule has 0 fully saturated rings. The van der Waals surface area contributed by atoms with Crippen LogP contribution in [0.15, 0.2) is 24.3 Å². The molecule has 1 rings (SSSR count). The van der Waals surface area contributed by atoms with Crippen molar-refractivity contribution in [3.8, 4) is 0 Å². The number of alkyl halides is 9. The highest BCUT2D eigenvalue weighted by Crippen LogP contribution is 2.55. The van der Waals surface area contributed by atoms with Crippen molar-refractivity contribution < 1.29 is 54.2 Å². The topological polar surface area (TPSA) is 46.5 Å². The van der Waals surface area contributed by atoms with Crippen molar-refractivity contribution in [1.82, 2.24) is 0 Å². The van der Waals surface area contributed by atoms with E-state index in [0.717, 1.165) is 31.4 Å². The highest BCUT2D eigenvalue weighted by molar-refractivity contribution is 5.89. The van der Waals surface area contributed by atoms with Gasteiger partial charge in [0.25, 0.3) is 0 Å². The molecule has 0 aromatic heterocycles. The molecule has 0 aliphatic heterocycles. The molecule has 0 saturated heterocycles. The third-order valence-electron chi connectivity index (χ3n) is 3.68. The zero-order valence-corrected chi connectivity index (χ0v) is 13.7. The Kier molecular flexibility index (Phi) is 5.87. The van der Waals surface area contributed by atoms with Gasteiger partial charge in [0.05, 0.1) is 24.7 Å². The lowest BCUT2D eigenvalue weighted by atomic mass is 9.85. The van der Waals surface area contributed by atoms with E-state index < -0.39 is 47.5 Å². The molecular weight excluding hydrogens is 399 g/mol. The molecule has 27 heavy (non-hydrogen) atoms. The summed E-state index contributed by atoms with van der Waals surface area (Å²) in [7, 11) is 0.959. The minimum atomic E-state index is -7.05. The number of carbonyl (C=O) groups is 1. The molecule has 0 heterocycles. The van der Waals surface area contributed by atoms with E-state index in [0.29, 0.717) is 6.92 Å². The number of carbonyl (C=O) groups excluding carboxylic acids is 1. The first kappa shape index (κ1) is 23.1. The van der Waals surface area contributed by atoms with Gasteiger partial charge < -0.3 is 9.84 Å². The largest absolute Gasteiger partial charge is 0.465 e. The van der Waals surface area contributed by atoms with Crippen LogP contribution in [0.25, 0.3) is 0 Å². The molecule has 12 heteroatoms. The van der Waals surface area contributed by atoms with E-state index in [1.807, 2.05) is 0 Å². The second-order valence-corrected chi connectivity index (χ2v) is 5.87. The van der Waals surface area contributed by atoms with E-state index >= 15 is 0 Å². The molecule has 0 aliphatic carbocycles. The van der Waals surface area contributed by atoms with Gasteiger partial charge in [0, 0.05) is 0 Å². The van der Waals surface area contributed by atoms with Crippen molar-refractivity contribution in [3.05, 3.63) is 35.4 Å². The van der Waals surface area contributed by atoms with Crippen molar-refractivity contribution in [3.63, 3.8) is 0 Å². The van der Waals surface area contributed by atoms with Gasteiger partial charge in [-0.25, -0.2) is 4.79 Å². The van der Waals surface area contributed by atoms with Gasteiger partial charge in [-0.1, -0.05) is 12.1 Å². The molecule has 1 N–H and O–H groups in total. The summed E-state index contributed by atoms with van der Waals surface area (Å²) in [5.41, 5.74) is -3.89. The molecule has 1 aromatic rings. The summed E-state index contributed by atoms with van der Waals surface area (Å²) in [5, 5.41) is 10.0. The smallest absolute Gasteiger partial charge is 0.460 e. The van der Waals surface area contributed by atoms with Crippen LogP contribution < -0.4 is 0 Å². The molecule has 1 atom stereocenters. The summed E-state index contributed by atoms with van der Waals surface area (Å²) in [4.78, 5) is 11.4. The van der Waals surface area contributed by atoms with Crippen molar-refractivity contribution in [2.45, 2.75) is 42.9 Å². The third-order valence-corrected chi connectivity index (χ3v) is 3.68. The maximum atomic E-state index is 13.8. The van der Waals surface area contributed by atoms with Gasteiger partial charge in [-0.05, 0) is 24.6 Å². The molecule has 0 bridgehead atoms. The van der Waals surface area contributed by atoms with Crippen LogP contribution in [0.2, 0.25) is 0 Å². The lowest BCUT2D eigenvalue weighted by Gasteiger charge is -2.37. The standard InChI is InChI=1S/C15H13F9O3/c1-11(26,9-5-3-4-8(6-9)10(25)27-2)7-12(16,17)13(18,19)14(20,21)15(22,23)24/h3-6,26H,7H2,1-2H3. The molecule has 0 spiro atoms. The normalized spacial score (nSPS) is 16.0. The van der Waals surface area contributed by atoms with Crippen LogP contribution in [-0.2, 0) is 10.3 Å². The van der Waals surface area contributed by atoms with Crippen molar-refractivity contribution in [1.29, 1.82) is 0 Å². The number of rotatable bonds is 6. The van der Waals surface area contributed by atoms with Crippen LogP contribution in [0.3, 0.4) is 0 Å². The number of aliphatic hydroxyl groups is 1. The lowest BCUT2D eigenvalue weighted by molar-refractivity contribution is -0.400. The summed E-state index contributed by atoms with van der Waals surface area (Å²) in [6.07, 6.45) is -9.43. The maximum Gasteiger partial charge on any atom is 0.460 e. The molecule has 3 nitrogen and oxygen atoms in total. The van der Waals surface area contributed by atoms with Crippen LogP contribution in [0.1, 0.15) is 29.3 Å². The van der Waals surface area contributed by atoms with Gasteiger partial charge >= 0.3 is 29.9 Å². The maximum absolute atomic E-state index is 13.8. The number of ether oxygens (including phenoxy) is 1.